The van der Waals surface area contributed by atoms with E-state index in [-0.39, 0.29) is 12.5 Å². The zero-order chi connectivity index (χ0) is 20.7. The van der Waals surface area contributed by atoms with Crippen molar-refractivity contribution >= 4 is 16.6 Å². The molecule has 5 rings (SSSR count). The van der Waals surface area contributed by atoms with Crippen LogP contribution in [0.3, 0.4) is 0 Å². The molecular formula is C24H22N3O3+. The molecule has 0 saturated carbocycles. The van der Waals surface area contributed by atoms with Crippen LogP contribution in [0.5, 0.6) is 17.4 Å². The van der Waals surface area contributed by atoms with Gasteiger partial charge in [-0.2, -0.15) is 0 Å². The molecule has 0 radical (unpaired) electrons. The molecule has 0 saturated heterocycles. The second-order valence-electron chi connectivity index (χ2n) is 7.27. The van der Waals surface area contributed by atoms with Gasteiger partial charge in [-0.05, 0) is 34.5 Å². The fraction of sp³-hybridized carbons (Fsp3) is 0.167. The topological polar surface area (TPSA) is 81.5 Å². The maximum atomic E-state index is 9.44. The number of benzene rings is 3. The zero-order valence-corrected chi connectivity index (χ0v) is 16.6. The van der Waals surface area contributed by atoms with Gasteiger partial charge in [0.2, 0.25) is 12.1 Å². The number of fused-ring (bicyclic) bond motifs is 4. The van der Waals surface area contributed by atoms with E-state index in [0.717, 1.165) is 39.0 Å². The number of aliphatic hydroxyl groups excluding tert-OH is 1. The van der Waals surface area contributed by atoms with Crippen molar-refractivity contribution in [1.29, 1.82) is 0 Å². The van der Waals surface area contributed by atoms with Crippen LogP contribution in [0.2, 0.25) is 0 Å². The molecule has 150 valence electrons. The van der Waals surface area contributed by atoms with Crippen molar-refractivity contribution in [2.24, 2.45) is 0 Å². The van der Waals surface area contributed by atoms with Crippen LogP contribution in [0.15, 0.2) is 67.0 Å². The first-order valence-electron chi connectivity index (χ1n) is 9.83. The molecule has 0 spiro atoms. The lowest BCUT2D eigenvalue weighted by molar-refractivity contribution is -0.687. The Morgan fingerprint density at radius 1 is 1.07 bits per heavy atom. The third-order valence-corrected chi connectivity index (χ3v) is 5.63. The number of nitrogens with two attached hydrogens (primary N) is 1. The van der Waals surface area contributed by atoms with E-state index in [1.165, 1.54) is 0 Å². The largest absolute Gasteiger partial charge is 0.497 e. The van der Waals surface area contributed by atoms with Gasteiger partial charge in [-0.3, -0.25) is 0 Å². The molecule has 0 unspecified atom stereocenters. The highest BCUT2D eigenvalue weighted by atomic mass is 16.5. The Morgan fingerprint density at radius 3 is 2.63 bits per heavy atom. The highest BCUT2D eigenvalue weighted by Crippen LogP contribution is 2.50. The summed E-state index contributed by atoms with van der Waals surface area (Å²) >= 11 is 0. The first kappa shape index (κ1) is 18.4. The van der Waals surface area contributed by atoms with Gasteiger partial charge >= 0.3 is 5.88 Å². The Hall–Kier alpha value is -3.64. The van der Waals surface area contributed by atoms with Crippen LogP contribution in [0, 0.1) is 0 Å². The molecule has 0 amide bonds. The number of ether oxygens (including phenoxy) is 2. The number of methoxy groups -OCH3 is 1. The van der Waals surface area contributed by atoms with Gasteiger partial charge in [-0.1, -0.05) is 47.4 Å². The molecule has 6 nitrogen and oxygen atoms in total. The van der Waals surface area contributed by atoms with Crippen molar-refractivity contribution in [2.75, 3.05) is 19.5 Å². The molecule has 3 N–H and O–H groups in total. The van der Waals surface area contributed by atoms with Crippen molar-refractivity contribution in [3.05, 3.63) is 83.7 Å². The number of rotatable bonds is 4. The van der Waals surface area contributed by atoms with Gasteiger partial charge in [-0.25, -0.2) is 4.57 Å². The van der Waals surface area contributed by atoms with Crippen molar-refractivity contribution < 1.29 is 19.1 Å². The minimum Gasteiger partial charge on any atom is -0.497 e. The maximum Gasteiger partial charge on any atom is 0.306 e. The van der Waals surface area contributed by atoms with E-state index in [4.69, 9.17) is 15.2 Å². The van der Waals surface area contributed by atoms with E-state index in [2.05, 4.69) is 23.2 Å². The summed E-state index contributed by atoms with van der Waals surface area (Å²) in [6.45, 7) is 0.340. The second-order valence-corrected chi connectivity index (χ2v) is 7.27. The first-order chi connectivity index (χ1) is 14.7. The van der Waals surface area contributed by atoms with E-state index in [0.29, 0.717) is 18.2 Å². The quantitative estimate of drug-likeness (QED) is 0.452. The predicted octanol–water partition coefficient (Wildman–Crippen LogP) is 3.39. The number of anilines is 1. The summed E-state index contributed by atoms with van der Waals surface area (Å²) in [5, 5.41) is 11.7. The van der Waals surface area contributed by atoms with Crippen LogP contribution in [-0.4, -0.2) is 23.8 Å². The average molecular weight is 400 g/mol. The molecule has 4 aromatic rings. The lowest BCUT2D eigenvalue weighted by Crippen LogP contribution is -2.41. The lowest BCUT2D eigenvalue weighted by atomic mass is 9.81. The van der Waals surface area contributed by atoms with Crippen LogP contribution in [0.25, 0.3) is 10.8 Å². The molecule has 0 bridgehead atoms. The standard InChI is InChI=1S/C24H21N3O3/c1-29-17-9-6-16(7-10-17)20-21-18-5-3-2-4-15(18)8-11-19(21)30-24-22(20)23(25)27(12-13-28)14-26-24/h2-11,14,20,25,28H,12-13H2,1H3/p+1/t20-/m0/s1. The highest BCUT2D eigenvalue weighted by molar-refractivity contribution is 5.90. The summed E-state index contributed by atoms with van der Waals surface area (Å²) in [6.07, 6.45) is 1.61. The fourth-order valence-corrected chi connectivity index (χ4v) is 4.20. The Labute approximate surface area is 174 Å². The number of nitrogens with zero attached hydrogens (tertiary/aromatic N) is 2. The fourth-order valence-electron chi connectivity index (χ4n) is 4.20. The Balaban J connectivity index is 1.81. The van der Waals surface area contributed by atoms with Gasteiger partial charge in [-0.15, -0.1) is 0 Å². The molecular weight excluding hydrogens is 378 g/mol. The molecule has 2 heterocycles. The lowest BCUT2D eigenvalue weighted by Gasteiger charge is -2.28. The maximum absolute atomic E-state index is 9.44. The predicted molar refractivity (Wildman–Crippen MR) is 114 cm³/mol. The van der Waals surface area contributed by atoms with Crippen molar-refractivity contribution in [1.82, 2.24) is 4.98 Å². The van der Waals surface area contributed by atoms with Crippen LogP contribution >= 0.6 is 0 Å². The van der Waals surface area contributed by atoms with E-state index in [9.17, 15) is 5.11 Å². The molecule has 0 aliphatic carbocycles. The van der Waals surface area contributed by atoms with Crippen LogP contribution in [-0.2, 0) is 6.54 Å². The molecule has 1 aliphatic heterocycles. The van der Waals surface area contributed by atoms with Crippen molar-refractivity contribution in [2.45, 2.75) is 12.5 Å². The summed E-state index contributed by atoms with van der Waals surface area (Å²) in [6, 6.07) is 20.3. The number of hydrogen-bond donors (Lipinski definition) is 2. The molecule has 1 aromatic heterocycles. The average Bonchev–Trinajstić information content (AvgIpc) is 2.79. The summed E-state index contributed by atoms with van der Waals surface area (Å²) < 4.78 is 13.3. The number of nitrogen functional groups attached to an aromatic ring is 1. The van der Waals surface area contributed by atoms with E-state index < -0.39 is 0 Å². The van der Waals surface area contributed by atoms with Gasteiger partial charge in [0, 0.05) is 5.56 Å². The van der Waals surface area contributed by atoms with Crippen LogP contribution < -0.4 is 19.8 Å². The van der Waals surface area contributed by atoms with E-state index in [1.807, 2.05) is 42.5 Å². The van der Waals surface area contributed by atoms with Gasteiger partial charge in [0.05, 0.1) is 26.2 Å². The third-order valence-electron chi connectivity index (χ3n) is 5.63. The molecule has 30 heavy (non-hydrogen) atoms. The minimum absolute atomic E-state index is 0.0249. The minimum atomic E-state index is -0.167. The number of hydrogen-bond acceptors (Lipinski definition) is 5. The van der Waals surface area contributed by atoms with E-state index >= 15 is 0 Å². The van der Waals surface area contributed by atoms with Crippen molar-refractivity contribution in [3.8, 4) is 17.4 Å². The summed E-state index contributed by atoms with van der Waals surface area (Å²) in [7, 11) is 1.65. The van der Waals surface area contributed by atoms with E-state index in [1.54, 1.807) is 18.0 Å². The van der Waals surface area contributed by atoms with Gasteiger partial charge in [0.1, 0.15) is 17.1 Å². The second kappa shape index (κ2) is 7.31. The summed E-state index contributed by atoms with van der Waals surface area (Å²) in [4.78, 5) is 4.51. The molecule has 1 atom stereocenters. The molecule has 1 aliphatic rings. The normalized spacial score (nSPS) is 14.7. The van der Waals surface area contributed by atoms with Gasteiger partial charge in [0.25, 0.3) is 0 Å². The molecule has 3 aromatic carbocycles. The zero-order valence-electron chi connectivity index (χ0n) is 16.6. The van der Waals surface area contributed by atoms with Crippen molar-refractivity contribution in [3.63, 3.8) is 0 Å². The Bertz CT molecular complexity index is 1240. The SMILES string of the molecule is COc1ccc([C@@H]2c3c(nc[n+](CCO)c3N)Oc3ccc4ccccc4c32)cc1. The monoisotopic (exact) mass is 400 g/mol. The van der Waals surface area contributed by atoms with Crippen LogP contribution in [0.1, 0.15) is 22.6 Å². The summed E-state index contributed by atoms with van der Waals surface area (Å²) in [5.74, 6) is 2.42. The number of aromatic nitrogens is 2. The first-order valence-corrected chi connectivity index (χ1v) is 9.83. The Morgan fingerprint density at radius 2 is 1.87 bits per heavy atom. The smallest absolute Gasteiger partial charge is 0.306 e. The van der Waals surface area contributed by atoms with Gasteiger partial charge in [0.15, 0.2) is 0 Å². The van der Waals surface area contributed by atoms with Crippen LogP contribution in [0.4, 0.5) is 5.82 Å². The van der Waals surface area contributed by atoms with Gasteiger partial charge < -0.3 is 20.3 Å². The Kier molecular flexibility index (Phi) is 4.48. The molecule has 0 fully saturated rings. The summed E-state index contributed by atoms with van der Waals surface area (Å²) in [5.41, 5.74) is 9.51. The third kappa shape index (κ3) is 2.84. The molecule has 6 heteroatoms. The number of aliphatic hydroxyl groups is 1. The highest BCUT2D eigenvalue weighted by Gasteiger charge is 2.37.